The molecular formula is C16H31NO2. The second-order valence-corrected chi connectivity index (χ2v) is 6.03. The summed E-state index contributed by atoms with van der Waals surface area (Å²) in [5.74, 6) is 0. The molecule has 1 heterocycles. The molecule has 1 fully saturated rings. The van der Waals surface area contributed by atoms with Crippen molar-refractivity contribution >= 4 is 6.09 Å². The van der Waals surface area contributed by atoms with Crippen molar-refractivity contribution in [3.63, 3.8) is 0 Å². The predicted octanol–water partition coefficient (Wildman–Crippen LogP) is 4.75. The number of cyclic esters (lactones) is 1. The Morgan fingerprint density at radius 1 is 1.05 bits per heavy atom. The first-order valence-electron chi connectivity index (χ1n) is 8.08. The summed E-state index contributed by atoms with van der Waals surface area (Å²) in [6.45, 7) is 8.04. The average molecular weight is 269 g/mol. The van der Waals surface area contributed by atoms with Crippen molar-refractivity contribution in [1.29, 1.82) is 0 Å². The van der Waals surface area contributed by atoms with Gasteiger partial charge in [0.05, 0.1) is 6.54 Å². The van der Waals surface area contributed by atoms with Gasteiger partial charge in [-0.3, -0.25) is 4.90 Å². The number of unbranched alkanes of at least 4 members (excludes halogenated alkanes) is 5. The summed E-state index contributed by atoms with van der Waals surface area (Å²) in [5, 5.41) is 0. The van der Waals surface area contributed by atoms with Crippen LogP contribution in [0.1, 0.15) is 78.6 Å². The van der Waals surface area contributed by atoms with E-state index in [1.807, 2.05) is 4.90 Å². The van der Waals surface area contributed by atoms with Gasteiger partial charge in [-0.15, -0.1) is 0 Å². The predicted molar refractivity (Wildman–Crippen MR) is 79.4 cm³/mol. The van der Waals surface area contributed by atoms with Gasteiger partial charge >= 0.3 is 6.09 Å². The van der Waals surface area contributed by atoms with E-state index >= 15 is 0 Å². The third kappa shape index (κ3) is 5.04. The van der Waals surface area contributed by atoms with Crippen molar-refractivity contribution in [2.24, 2.45) is 0 Å². The first-order valence-corrected chi connectivity index (χ1v) is 8.08. The van der Waals surface area contributed by atoms with Crippen LogP contribution in [-0.4, -0.2) is 29.7 Å². The molecule has 0 radical (unpaired) electrons. The van der Waals surface area contributed by atoms with Crippen LogP contribution in [0.4, 0.5) is 4.79 Å². The van der Waals surface area contributed by atoms with Crippen molar-refractivity contribution in [2.75, 3.05) is 13.2 Å². The number of carbonyl (C=O) groups excluding carboxylic acids is 1. The third-order valence-electron chi connectivity index (χ3n) is 4.30. The molecule has 0 saturated carbocycles. The van der Waals surface area contributed by atoms with Crippen molar-refractivity contribution < 1.29 is 9.53 Å². The molecule has 0 aliphatic carbocycles. The Morgan fingerprint density at radius 2 is 1.68 bits per heavy atom. The lowest BCUT2D eigenvalue weighted by atomic mass is 9.87. The van der Waals surface area contributed by atoms with Crippen LogP contribution in [0.25, 0.3) is 0 Å². The molecule has 0 spiro atoms. The Morgan fingerprint density at radius 3 is 2.26 bits per heavy atom. The fraction of sp³-hybridized carbons (Fsp3) is 0.938. The molecule has 0 aromatic carbocycles. The van der Waals surface area contributed by atoms with E-state index in [2.05, 4.69) is 20.8 Å². The van der Waals surface area contributed by atoms with Crippen LogP contribution in [0.2, 0.25) is 0 Å². The molecule has 3 heteroatoms. The normalized spacial score (nSPS) is 18.5. The molecule has 3 nitrogen and oxygen atoms in total. The van der Waals surface area contributed by atoms with Gasteiger partial charge in [0.2, 0.25) is 0 Å². The van der Waals surface area contributed by atoms with Gasteiger partial charge in [0.25, 0.3) is 0 Å². The van der Waals surface area contributed by atoms with Crippen LogP contribution in [0.15, 0.2) is 0 Å². The first-order chi connectivity index (χ1) is 9.14. The number of hydrogen-bond acceptors (Lipinski definition) is 2. The number of nitrogens with zero attached hydrogens (tertiary/aromatic N) is 1. The van der Waals surface area contributed by atoms with Gasteiger partial charge in [-0.05, 0) is 19.8 Å². The summed E-state index contributed by atoms with van der Waals surface area (Å²) in [6.07, 6.45) is 10.9. The molecule has 0 aromatic heterocycles. The first kappa shape index (κ1) is 16.3. The van der Waals surface area contributed by atoms with E-state index in [-0.39, 0.29) is 11.6 Å². The van der Waals surface area contributed by atoms with Crippen molar-refractivity contribution in [3.05, 3.63) is 0 Å². The summed E-state index contributed by atoms with van der Waals surface area (Å²) >= 11 is 0. The molecule has 1 rings (SSSR count). The fourth-order valence-corrected chi connectivity index (χ4v) is 2.95. The second-order valence-electron chi connectivity index (χ2n) is 6.03. The highest BCUT2D eigenvalue weighted by Crippen LogP contribution is 2.31. The van der Waals surface area contributed by atoms with Crippen LogP contribution < -0.4 is 0 Å². The van der Waals surface area contributed by atoms with Crippen molar-refractivity contribution in [3.8, 4) is 0 Å². The molecule has 1 aliphatic heterocycles. The molecule has 1 aliphatic rings. The Labute approximate surface area is 118 Å². The van der Waals surface area contributed by atoms with Gasteiger partial charge in [0.1, 0.15) is 6.61 Å². The summed E-state index contributed by atoms with van der Waals surface area (Å²) in [7, 11) is 0. The monoisotopic (exact) mass is 269 g/mol. The number of rotatable bonds is 10. The van der Waals surface area contributed by atoms with Crippen LogP contribution in [0.5, 0.6) is 0 Å². The molecule has 1 saturated heterocycles. The third-order valence-corrected chi connectivity index (χ3v) is 4.30. The van der Waals surface area contributed by atoms with Gasteiger partial charge in [-0.25, -0.2) is 4.79 Å². The topological polar surface area (TPSA) is 29.5 Å². The minimum Gasteiger partial charge on any atom is -0.448 e. The van der Waals surface area contributed by atoms with E-state index in [0.717, 1.165) is 19.4 Å². The lowest BCUT2D eigenvalue weighted by molar-refractivity contribution is 0.105. The zero-order valence-corrected chi connectivity index (χ0v) is 13.0. The Bertz CT molecular complexity index is 267. The Kier molecular flexibility index (Phi) is 7.25. The summed E-state index contributed by atoms with van der Waals surface area (Å²) in [4.78, 5) is 13.8. The molecule has 19 heavy (non-hydrogen) atoms. The highest BCUT2D eigenvalue weighted by molar-refractivity contribution is 5.70. The van der Waals surface area contributed by atoms with Gasteiger partial charge in [-0.1, -0.05) is 58.8 Å². The van der Waals surface area contributed by atoms with E-state index in [0.29, 0.717) is 6.61 Å². The lowest BCUT2D eigenvalue weighted by Gasteiger charge is -2.37. The van der Waals surface area contributed by atoms with Crippen LogP contribution in [0.3, 0.4) is 0 Å². The molecule has 0 aromatic rings. The molecule has 0 N–H and O–H groups in total. The zero-order valence-electron chi connectivity index (χ0n) is 13.0. The molecule has 1 atom stereocenters. The van der Waals surface area contributed by atoms with Crippen molar-refractivity contribution in [1.82, 2.24) is 4.90 Å². The number of amides is 1. The summed E-state index contributed by atoms with van der Waals surface area (Å²) in [5.41, 5.74) is 0.00973. The summed E-state index contributed by atoms with van der Waals surface area (Å²) < 4.78 is 5.12. The average Bonchev–Trinajstić information content (AvgIpc) is 2.83. The molecule has 1 amide bonds. The maximum atomic E-state index is 11.8. The second kappa shape index (κ2) is 8.44. The standard InChI is InChI=1S/C16H31NO2/c1-4-6-8-9-10-12-16(3,11-7-5-2)17-13-14-19-15(17)18/h4-14H2,1-3H3. The SMILES string of the molecule is CCCCCCCC(C)(CCCC)N1CCOC1=O. The number of ether oxygens (including phenoxy) is 1. The quantitative estimate of drug-likeness (QED) is 0.536. The molecule has 112 valence electrons. The largest absolute Gasteiger partial charge is 0.448 e. The smallest absolute Gasteiger partial charge is 0.410 e. The molecule has 1 unspecified atom stereocenters. The highest BCUT2D eigenvalue weighted by Gasteiger charge is 2.38. The Balaban J connectivity index is 2.46. The van der Waals surface area contributed by atoms with E-state index in [1.165, 1.54) is 44.9 Å². The van der Waals surface area contributed by atoms with E-state index in [9.17, 15) is 4.79 Å². The molecular weight excluding hydrogens is 238 g/mol. The Hall–Kier alpha value is -0.730. The summed E-state index contributed by atoms with van der Waals surface area (Å²) in [6, 6.07) is 0. The van der Waals surface area contributed by atoms with Crippen LogP contribution >= 0.6 is 0 Å². The molecule has 0 bridgehead atoms. The fourth-order valence-electron chi connectivity index (χ4n) is 2.95. The van der Waals surface area contributed by atoms with Crippen LogP contribution in [0, 0.1) is 0 Å². The van der Waals surface area contributed by atoms with Crippen molar-refractivity contribution in [2.45, 2.75) is 84.1 Å². The van der Waals surface area contributed by atoms with Gasteiger partial charge in [0, 0.05) is 5.54 Å². The van der Waals surface area contributed by atoms with Crippen LogP contribution in [-0.2, 0) is 4.74 Å². The maximum Gasteiger partial charge on any atom is 0.410 e. The van der Waals surface area contributed by atoms with Gasteiger partial charge < -0.3 is 4.74 Å². The zero-order chi connectivity index (χ0) is 14.1. The lowest BCUT2D eigenvalue weighted by Crippen LogP contribution is -2.47. The van der Waals surface area contributed by atoms with Gasteiger partial charge in [-0.2, -0.15) is 0 Å². The highest BCUT2D eigenvalue weighted by atomic mass is 16.6. The number of carbonyl (C=O) groups is 1. The van der Waals surface area contributed by atoms with E-state index in [1.54, 1.807) is 0 Å². The number of hydrogen-bond donors (Lipinski definition) is 0. The maximum absolute atomic E-state index is 11.8. The van der Waals surface area contributed by atoms with Gasteiger partial charge in [0.15, 0.2) is 0 Å². The minimum atomic E-state index is -0.104. The minimum absolute atomic E-state index is 0.00973. The van der Waals surface area contributed by atoms with E-state index < -0.39 is 0 Å². The van der Waals surface area contributed by atoms with E-state index in [4.69, 9.17) is 4.74 Å².